The minimum absolute atomic E-state index is 0.0401. The van der Waals surface area contributed by atoms with E-state index in [4.69, 9.17) is 23.2 Å². The van der Waals surface area contributed by atoms with Crippen molar-refractivity contribution in [1.82, 2.24) is 5.32 Å². The summed E-state index contributed by atoms with van der Waals surface area (Å²) in [7, 11) is -3.72. The van der Waals surface area contributed by atoms with E-state index in [9.17, 15) is 27.9 Å². The number of aliphatic carboxylic acids is 1. The Bertz CT molecular complexity index is 1660. The number of nitrogens with one attached hydrogen (secondary N) is 3. The molecule has 41 heavy (non-hydrogen) atoms. The lowest BCUT2D eigenvalue weighted by Gasteiger charge is -2.16. The molecule has 4 N–H and O–H groups in total. The SMILES string of the molecule is O=C(Nc1ccc(S(=O)(=O)c2ccccc2)cc1)N[C@@H](Cc1ccc(NC(=O)c2c(Cl)cccc2Cl)cc1)C(=O)O. The topological polar surface area (TPSA) is 142 Å². The molecular formula is C29H23Cl2N3O6S. The zero-order valence-corrected chi connectivity index (χ0v) is 23.5. The van der Waals surface area contributed by atoms with E-state index in [-0.39, 0.29) is 37.5 Å². The molecule has 0 radical (unpaired) electrons. The van der Waals surface area contributed by atoms with Gasteiger partial charge in [0.2, 0.25) is 9.84 Å². The normalized spacial score (nSPS) is 11.8. The van der Waals surface area contributed by atoms with Crippen LogP contribution in [0.4, 0.5) is 16.2 Å². The van der Waals surface area contributed by atoms with Crippen molar-refractivity contribution in [3.8, 4) is 0 Å². The lowest BCUT2D eigenvalue weighted by Crippen LogP contribution is -2.44. The fraction of sp³-hybridized carbons (Fsp3) is 0.0690. The van der Waals surface area contributed by atoms with Crippen LogP contribution >= 0.6 is 23.2 Å². The van der Waals surface area contributed by atoms with Crippen LogP contribution in [0.1, 0.15) is 15.9 Å². The molecule has 9 nitrogen and oxygen atoms in total. The molecule has 4 aromatic rings. The summed E-state index contributed by atoms with van der Waals surface area (Å²) in [6, 6.07) is 22.5. The van der Waals surface area contributed by atoms with Crippen LogP contribution in [-0.4, -0.2) is 37.5 Å². The van der Waals surface area contributed by atoms with E-state index >= 15 is 0 Å². The molecule has 0 spiro atoms. The van der Waals surface area contributed by atoms with Gasteiger partial charge < -0.3 is 21.1 Å². The summed E-state index contributed by atoms with van der Waals surface area (Å²) in [5.41, 5.74) is 1.43. The molecule has 0 aromatic heterocycles. The molecule has 1 atom stereocenters. The first-order valence-electron chi connectivity index (χ1n) is 12.1. The van der Waals surface area contributed by atoms with Gasteiger partial charge in [-0.05, 0) is 66.2 Å². The van der Waals surface area contributed by atoms with Gasteiger partial charge in [-0.1, -0.05) is 59.6 Å². The molecule has 12 heteroatoms. The Kier molecular flexibility index (Phi) is 9.28. The van der Waals surface area contributed by atoms with E-state index in [1.54, 1.807) is 60.7 Å². The standard InChI is InChI=1S/C29H23Cl2N3O6S/c30-23-7-4-8-24(31)26(23)27(35)32-19-11-9-18(10-12-19)17-25(28(36)37)34-29(38)33-20-13-15-22(16-14-20)41(39,40)21-5-2-1-3-6-21/h1-16,25H,17H2,(H,32,35)(H,36,37)(H2,33,34,38)/t25-/m0/s1. The second-order valence-electron chi connectivity index (χ2n) is 8.78. The average Bonchev–Trinajstić information content (AvgIpc) is 2.94. The minimum atomic E-state index is -3.72. The molecular weight excluding hydrogens is 589 g/mol. The molecule has 4 rings (SSSR count). The first kappa shape index (κ1) is 29.6. The summed E-state index contributed by atoms with van der Waals surface area (Å²) in [4.78, 5) is 37.1. The van der Waals surface area contributed by atoms with Crippen LogP contribution in [0.5, 0.6) is 0 Å². The third-order valence-corrected chi connectivity index (χ3v) is 8.34. The number of sulfone groups is 1. The summed E-state index contributed by atoms with van der Waals surface area (Å²) in [5.74, 6) is -1.75. The lowest BCUT2D eigenvalue weighted by atomic mass is 10.1. The minimum Gasteiger partial charge on any atom is -0.480 e. The molecule has 0 aliphatic rings. The van der Waals surface area contributed by atoms with Crippen LogP contribution in [-0.2, 0) is 21.1 Å². The van der Waals surface area contributed by atoms with Crippen molar-refractivity contribution in [2.75, 3.05) is 10.6 Å². The van der Waals surface area contributed by atoms with Gasteiger partial charge in [0.05, 0.1) is 25.4 Å². The van der Waals surface area contributed by atoms with Gasteiger partial charge in [0, 0.05) is 17.8 Å². The number of amides is 3. The Morgan fingerprint density at radius 3 is 1.83 bits per heavy atom. The molecule has 4 aromatic carbocycles. The number of carboxylic acid groups (broad SMARTS) is 1. The lowest BCUT2D eigenvalue weighted by molar-refractivity contribution is -0.139. The van der Waals surface area contributed by atoms with E-state index < -0.39 is 33.8 Å². The number of carboxylic acids is 1. The van der Waals surface area contributed by atoms with E-state index in [0.717, 1.165) is 0 Å². The highest BCUT2D eigenvalue weighted by Gasteiger charge is 2.22. The van der Waals surface area contributed by atoms with Gasteiger partial charge in [0.25, 0.3) is 5.91 Å². The number of urea groups is 1. The predicted molar refractivity (Wildman–Crippen MR) is 156 cm³/mol. The van der Waals surface area contributed by atoms with E-state index in [1.807, 2.05) is 0 Å². The second kappa shape index (κ2) is 12.9. The van der Waals surface area contributed by atoms with Gasteiger partial charge in [-0.15, -0.1) is 0 Å². The maximum Gasteiger partial charge on any atom is 0.326 e. The molecule has 0 aliphatic heterocycles. The Hall–Kier alpha value is -4.38. The molecule has 0 heterocycles. The Morgan fingerprint density at radius 1 is 0.707 bits per heavy atom. The first-order valence-corrected chi connectivity index (χ1v) is 14.3. The van der Waals surface area contributed by atoms with Crippen LogP contribution in [0, 0.1) is 0 Å². The highest BCUT2D eigenvalue weighted by Crippen LogP contribution is 2.26. The molecule has 3 amide bonds. The van der Waals surface area contributed by atoms with Crippen molar-refractivity contribution in [3.63, 3.8) is 0 Å². The summed E-state index contributed by atoms with van der Waals surface area (Å²) >= 11 is 12.2. The summed E-state index contributed by atoms with van der Waals surface area (Å²) < 4.78 is 25.5. The number of hydrogen-bond acceptors (Lipinski definition) is 5. The van der Waals surface area contributed by atoms with Gasteiger partial charge in [-0.25, -0.2) is 18.0 Å². The van der Waals surface area contributed by atoms with Crippen molar-refractivity contribution >= 4 is 62.3 Å². The molecule has 0 saturated heterocycles. The fourth-order valence-electron chi connectivity index (χ4n) is 3.85. The summed E-state index contributed by atoms with van der Waals surface area (Å²) in [6.07, 6.45) is -0.0401. The number of carbonyl (C=O) groups is 3. The van der Waals surface area contributed by atoms with Crippen LogP contribution < -0.4 is 16.0 Å². The number of benzene rings is 4. The number of halogens is 2. The van der Waals surface area contributed by atoms with Crippen LogP contribution in [0.2, 0.25) is 10.0 Å². The zero-order chi connectivity index (χ0) is 29.6. The molecule has 0 unspecified atom stereocenters. The van der Waals surface area contributed by atoms with Crippen molar-refractivity contribution in [2.45, 2.75) is 22.3 Å². The second-order valence-corrected chi connectivity index (χ2v) is 11.5. The van der Waals surface area contributed by atoms with Gasteiger partial charge >= 0.3 is 12.0 Å². The average molecular weight is 612 g/mol. The Morgan fingerprint density at radius 2 is 1.24 bits per heavy atom. The quantitative estimate of drug-likeness (QED) is 0.186. The van der Waals surface area contributed by atoms with Crippen molar-refractivity contribution in [1.29, 1.82) is 0 Å². The van der Waals surface area contributed by atoms with Crippen molar-refractivity contribution in [2.24, 2.45) is 0 Å². The van der Waals surface area contributed by atoms with Gasteiger partial charge in [-0.2, -0.15) is 0 Å². The molecule has 210 valence electrons. The number of rotatable bonds is 9. The van der Waals surface area contributed by atoms with Crippen LogP contribution in [0.15, 0.2) is 107 Å². The third kappa shape index (κ3) is 7.43. The zero-order valence-electron chi connectivity index (χ0n) is 21.2. The molecule has 0 fully saturated rings. The first-order chi connectivity index (χ1) is 19.5. The number of hydrogen-bond donors (Lipinski definition) is 4. The van der Waals surface area contributed by atoms with Gasteiger partial charge in [-0.3, -0.25) is 4.79 Å². The Labute approximate surface area is 246 Å². The van der Waals surface area contributed by atoms with Crippen LogP contribution in [0.3, 0.4) is 0 Å². The largest absolute Gasteiger partial charge is 0.480 e. The van der Waals surface area contributed by atoms with Crippen molar-refractivity contribution in [3.05, 3.63) is 118 Å². The van der Waals surface area contributed by atoms with Crippen molar-refractivity contribution < 1.29 is 27.9 Å². The van der Waals surface area contributed by atoms with E-state index in [0.29, 0.717) is 11.3 Å². The Balaban J connectivity index is 1.36. The maximum atomic E-state index is 12.7. The molecule has 0 saturated carbocycles. The number of anilines is 2. The molecule has 0 aliphatic carbocycles. The number of carbonyl (C=O) groups excluding carboxylic acids is 2. The highest BCUT2D eigenvalue weighted by molar-refractivity contribution is 7.91. The van der Waals surface area contributed by atoms with Gasteiger partial charge in [0.15, 0.2) is 0 Å². The summed E-state index contributed by atoms with van der Waals surface area (Å²) in [6.45, 7) is 0. The highest BCUT2D eigenvalue weighted by atomic mass is 35.5. The van der Waals surface area contributed by atoms with Gasteiger partial charge in [0.1, 0.15) is 6.04 Å². The fourth-order valence-corrected chi connectivity index (χ4v) is 5.70. The predicted octanol–water partition coefficient (Wildman–Crippen LogP) is 5.90. The van der Waals surface area contributed by atoms with Crippen LogP contribution in [0.25, 0.3) is 0 Å². The van der Waals surface area contributed by atoms with E-state index in [2.05, 4.69) is 16.0 Å². The summed E-state index contributed by atoms with van der Waals surface area (Å²) in [5, 5.41) is 17.6. The monoisotopic (exact) mass is 611 g/mol. The molecule has 0 bridgehead atoms. The van der Waals surface area contributed by atoms with E-state index in [1.165, 1.54) is 36.4 Å². The smallest absolute Gasteiger partial charge is 0.326 e. The third-order valence-electron chi connectivity index (χ3n) is 5.92. The maximum absolute atomic E-state index is 12.7.